The molecular weight excluding hydrogens is 248 g/mol. The smallest absolute Gasteiger partial charge is 0.174 e. The van der Waals surface area contributed by atoms with Gasteiger partial charge in [0.05, 0.1) is 0 Å². The molecule has 0 aromatic carbocycles. The largest absolute Gasteiger partial charge is 0.293 e. The third-order valence-electron chi connectivity index (χ3n) is 1.01. The van der Waals surface area contributed by atoms with Crippen molar-refractivity contribution in [3.8, 4) is 0 Å². The fraction of sp³-hybridized carbons (Fsp3) is 0.167. The van der Waals surface area contributed by atoms with Crippen LogP contribution in [0, 0.1) is 0 Å². The van der Waals surface area contributed by atoms with Gasteiger partial charge in [0.15, 0.2) is 5.78 Å². The summed E-state index contributed by atoms with van der Waals surface area (Å²) in [6.45, 7) is 0. The molecule has 9 heavy (non-hydrogen) atoms. The second kappa shape index (κ2) is 2.80. The summed E-state index contributed by atoms with van der Waals surface area (Å²) in [5, 5.41) is 0. The van der Waals surface area contributed by atoms with Crippen LogP contribution < -0.4 is 0 Å². The van der Waals surface area contributed by atoms with Crippen LogP contribution in [0.25, 0.3) is 0 Å². The minimum absolute atomic E-state index is 0.0874. The van der Waals surface area contributed by atoms with Crippen LogP contribution >= 0.6 is 31.9 Å². The van der Waals surface area contributed by atoms with E-state index in [1.165, 1.54) is 0 Å². The standard InChI is InChI=1S/C6H4Br2O/c7-4-2-1-3-5(9)6(4)8/h1-3,6H. The van der Waals surface area contributed by atoms with Gasteiger partial charge in [-0.1, -0.05) is 44.0 Å². The first-order valence-electron chi connectivity index (χ1n) is 2.43. The summed E-state index contributed by atoms with van der Waals surface area (Å²) in [6.07, 6.45) is 5.12. The Balaban J connectivity index is 2.86. The Morgan fingerprint density at radius 1 is 1.56 bits per heavy atom. The second-order valence-corrected chi connectivity index (χ2v) is 3.51. The van der Waals surface area contributed by atoms with E-state index in [1.807, 2.05) is 6.08 Å². The summed E-state index contributed by atoms with van der Waals surface area (Å²) < 4.78 is 0.884. The van der Waals surface area contributed by atoms with Crippen molar-refractivity contribution in [2.24, 2.45) is 0 Å². The van der Waals surface area contributed by atoms with E-state index in [-0.39, 0.29) is 10.6 Å². The molecule has 0 amide bonds. The molecule has 0 aromatic heterocycles. The van der Waals surface area contributed by atoms with Gasteiger partial charge in [0, 0.05) is 4.48 Å². The number of halogens is 2. The number of hydrogen-bond donors (Lipinski definition) is 0. The first kappa shape index (κ1) is 7.22. The Morgan fingerprint density at radius 3 is 2.67 bits per heavy atom. The van der Waals surface area contributed by atoms with Gasteiger partial charge in [0.25, 0.3) is 0 Å². The summed E-state index contributed by atoms with van der Waals surface area (Å²) in [5.41, 5.74) is 0. The lowest BCUT2D eigenvalue weighted by Crippen LogP contribution is -2.12. The van der Waals surface area contributed by atoms with Crippen LogP contribution in [0.4, 0.5) is 0 Å². The first-order chi connectivity index (χ1) is 4.22. The molecule has 0 N–H and O–H groups in total. The van der Waals surface area contributed by atoms with E-state index in [2.05, 4.69) is 31.9 Å². The molecule has 0 aliphatic heterocycles. The molecule has 48 valence electrons. The molecule has 0 radical (unpaired) electrons. The molecule has 1 nitrogen and oxygen atoms in total. The van der Waals surface area contributed by atoms with E-state index in [9.17, 15) is 4.79 Å². The number of rotatable bonds is 0. The van der Waals surface area contributed by atoms with Gasteiger partial charge in [-0.25, -0.2) is 0 Å². The predicted molar refractivity (Wildman–Crippen MR) is 43.9 cm³/mol. The van der Waals surface area contributed by atoms with Crippen LogP contribution in [0.2, 0.25) is 0 Å². The van der Waals surface area contributed by atoms with Gasteiger partial charge in [0.1, 0.15) is 4.83 Å². The van der Waals surface area contributed by atoms with E-state index in [1.54, 1.807) is 12.2 Å². The van der Waals surface area contributed by atoms with Gasteiger partial charge in [-0.15, -0.1) is 0 Å². The predicted octanol–water partition coefficient (Wildman–Crippen LogP) is 2.17. The average Bonchev–Trinajstić information content (AvgIpc) is 1.83. The maximum Gasteiger partial charge on any atom is 0.174 e. The first-order valence-corrected chi connectivity index (χ1v) is 4.14. The molecule has 1 unspecified atom stereocenters. The van der Waals surface area contributed by atoms with Crippen molar-refractivity contribution < 1.29 is 4.79 Å². The zero-order valence-electron chi connectivity index (χ0n) is 4.47. The van der Waals surface area contributed by atoms with Crippen molar-refractivity contribution in [2.45, 2.75) is 4.83 Å². The maximum atomic E-state index is 10.8. The molecule has 0 spiro atoms. The molecule has 0 saturated heterocycles. The number of hydrogen-bond acceptors (Lipinski definition) is 1. The van der Waals surface area contributed by atoms with E-state index in [0.717, 1.165) is 4.48 Å². The average molecular weight is 252 g/mol. The van der Waals surface area contributed by atoms with Gasteiger partial charge < -0.3 is 0 Å². The van der Waals surface area contributed by atoms with Crippen LogP contribution in [0.3, 0.4) is 0 Å². The number of ketones is 1. The zero-order chi connectivity index (χ0) is 6.85. The Bertz CT molecular complexity index is 193. The normalized spacial score (nSPS) is 26.2. The number of alkyl halides is 1. The molecule has 1 atom stereocenters. The van der Waals surface area contributed by atoms with Gasteiger partial charge in [0.2, 0.25) is 0 Å². The third-order valence-corrected chi connectivity index (χ3v) is 3.29. The topological polar surface area (TPSA) is 17.1 Å². The molecule has 0 bridgehead atoms. The number of allylic oxidation sites excluding steroid dienone is 4. The fourth-order valence-electron chi connectivity index (χ4n) is 0.540. The molecule has 1 rings (SSSR count). The maximum absolute atomic E-state index is 10.8. The summed E-state index contributed by atoms with van der Waals surface area (Å²) in [6, 6.07) is 0. The van der Waals surface area contributed by atoms with Gasteiger partial charge in [-0.05, 0) is 6.08 Å². The van der Waals surface area contributed by atoms with Gasteiger partial charge >= 0.3 is 0 Å². The molecule has 0 aromatic rings. The van der Waals surface area contributed by atoms with E-state index >= 15 is 0 Å². The summed E-state index contributed by atoms with van der Waals surface area (Å²) >= 11 is 6.44. The summed E-state index contributed by atoms with van der Waals surface area (Å²) in [5.74, 6) is 0.0874. The minimum atomic E-state index is -0.164. The monoisotopic (exact) mass is 250 g/mol. The Morgan fingerprint density at radius 2 is 2.22 bits per heavy atom. The number of carbonyl (C=O) groups excluding carboxylic acids is 1. The SMILES string of the molecule is O=C1C=CC=C(Br)C1Br. The molecule has 1 aliphatic rings. The highest BCUT2D eigenvalue weighted by atomic mass is 79.9. The Labute approximate surface area is 70.1 Å². The highest BCUT2D eigenvalue weighted by Gasteiger charge is 2.16. The van der Waals surface area contributed by atoms with Crippen LogP contribution in [0.15, 0.2) is 22.7 Å². The molecular formula is C6H4Br2O. The minimum Gasteiger partial charge on any atom is -0.293 e. The van der Waals surface area contributed by atoms with E-state index in [0.29, 0.717) is 0 Å². The summed E-state index contributed by atoms with van der Waals surface area (Å²) in [7, 11) is 0. The van der Waals surface area contributed by atoms with E-state index in [4.69, 9.17) is 0 Å². The Hall–Kier alpha value is 0.110. The van der Waals surface area contributed by atoms with Crippen LogP contribution in [-0.4, -0.2) is 10.6 Å². The van der Waals surface area contributed by atoms with Crippen LogP contribution in [0.5, 0.6) is 0 Å². The lowest BCUT2D eigenvalue weighted by Gasteiger charge is -2.06. The van der Waals surface area contributed by atoms with Gasteiger partial charge in [-0.3, -0.25) is 4.79 Å². The molecule has 3 heteroatoms. The Kier molecular flexibility index (Phi) is 2.24. The van der Waals surface area contributed by atoms with Crippen molar-refractivity contribution >= 4 is 37.6 Å². The second-order valence-electron chi connectivity index (χ2n) is 1.68. The van der Waals surface area contributed by atoms with Crippen molar-refractivity contribution in [3.05, 3.63) is 22.7 Å². The van der Waals surface area contributed by atoms with Crippen LogP contribution in [0.1, 0.15) is 0 Å². The molecule has 0 fully saturated rings. The lowest BCUT2D eigenvalue weighted by atomic mass is 10.2. The third kappa shape index (κ3) is 1.52. The highest BCUT2D eigenvalue weighted by molar-refractivity contribution is 9.14. The quantitative estimate of drug-likeness (QED) is 0.604. The fourth-order valence-corrected chi connectivity index (χ4v) is 1.22. The van der Waals surface area contributed by atoms with Crippen molar-refractivity contribution in [1.82, 2.24) is 0 Å². The molecule has 1 aliphatic carbocycles. The molecule has 0 heterocycles. The van der Waals surface area contributed by atoms with Gasteiger partial charge in [-0.2, -0.15) is 0 Å². The summed E-state index contributed by atoms with van der Waals surface area (Å²) in [4.78, 5) is 10.6. The highest BCUT2D eigenvalue weighted by Crippen LogP contribution is 2.22. The van der Waals surface area contributed by atoms with Crippen molar-refractivity contribution in [1.29, 1.82) is 0 Å². The molecule has 0 saturated carbocycles. The lowest BCUT2D eigenvalue weighted by molar-refractivity contribution is -0.113. The van der Waals surface area contributed by atoms with Crippen molar-refractivity contribution in [2.75, 3.05) is 0 Å². The van der Waals surface area contributed by atoms with Crippen LogP contribution in [-0.2, 0) is 4.79 Å². The van der Waals surface area contributed by atoms with Crippen molar-refractivity contribution in [3.63, 3.8) is 0 Å². The van der Waals surface area contributed by atoms with E-state index < -0.39 is 0 Å². The number of carbonyl (C=O) groups is 1. The zero-order valence-corrected chi connectivity index (χ0v) is 7.65.